The van der Waals surface area contributed by atoms with E-state index in [0.29, 0.717) is 11.6 Å². The minimum atomic E-state index is -0.513. The van der Waals surface area contributed by atoms with Gasteiger partial charge in [-0.15, -0.1) is 0 Å². The number of fused-ring (bicyclic) bond motifs is 1. The van der Waals surface area contributed by atoms with E-state index >= 15 is 0 Å². The second-order valence-electron chi connectivity index (χ2n) is 6.14. The summed E-state index contributed by atoms with van der Waals surface area (Å²) in [5, 5.41) is 2.70. The Morgan fingerprint density at radius 3 is 2.80 bits per heavy atom. The van der Waals surface area contributed by atoms with Gasteiger partial charge < -0.3 is 9.15 Å². The Kier molecular flexibility index (Phi) is 2.92. The van der Waals surface area contributed by atoms with E-state index in [-0.39, 0.29) is 0 Å². The van der Waals surface area contributed by atoms with Crippen LogP contribution in [0, 0.1) is 0 Å². The summed E-state index contributed by atoms with van der Waals surface area (Å²) >= 11 is 0. The number of benzene rings is 1. The molecule has 1 fully saturated rings. The number of oxazole rings is 1. The molecule has 3 rings (SSSR count). The second kappa shape index (κ2) is 4.51. The fourth-order valence-electron chi connectivity index (χ4n) is 1.95. The first-order chi connectivity index (χ1) is 9.40. The summed E-state index contributed by atoms with van der Waals surface area (Å²) in [6.07, 6.45) is 1.83. The first-order valence-electron chi connectivity index (χ1n) is 6.81. The summed E-state index contributed by atoms with van der Waals surface area (Å²) in [6.45, 7) is 5.49. The summed E-state index contributed by atoms with van der Waals surface area (Å²) in [5.41, 5.74) is 1.66. The average Bonchev–Trinajstić information content (AvgIpc) is 3.07. The van der Waals surface area contributed by atoms with Crippen LogP contribution in [0.15, 0.2) is 22.6 Å². The van der Waals surface area contributed by atoms with E-state index in [1.165, 1.54) is 0 Å². The zero-order valence-electron chi connectivity index (χ0n) is 11.9. The van der Waals surface area contributed by atoms with E-state index in [1.54, 1.807) is 12.1 Å². The van der Waals surface area contributed by atoms with Gasteiger partial charge in [0.25, 0.3) is 0 Å². The van der Waals surface area contributed by atoms with Crippen LogP contribution in [0.4, 0.5) is 10.5 Å². The monoisotopic (exact) mass is 274 g/mol. The van der Waals surface area contributed by atoms with Crippen LogP contribution in [0.2, 0.25) is 0 Å². The van der Waals surface area contributed by atoms with Gasteiger partial charge in [-0.05, 0) is 51.8 Å². The van der Waals surface area contributed by atoms with Crippen LogP contribution < -0.4 is 5.32 Å². The van der Waals surface area contributed by atoms with Crippen LogP contribution in [0.5, 0.6) is 0 Å². The predicted molar refractivity (Wildman–Crippen MR) is 75.8 cm³/mol. The number of nitrogens with one attached hydrogen (secondary N) is 1. The summed E-state index contributed by atoms with van der Waals surface area (Å²) in [5.74, 6) is 1.28. The van der Waals surface area contributed by atoms with Crippen LogP contribution in [0.25, 0.3) is 11.1 Å². The molecule has 106 valence electrons. The Balaban J connectivity index is 1.76. The Morgan fingerprint density at radius 1 is 1.40 bits per heavy atom. The Bertz CT molecular complexity index is 651. The van der Waals surface area contributed by atoms with Gasteiger partial charge in [-0.1, -0.05) is 0 Å². The van der Waals surface area contributed by atoms with Gasteiger partial charge in [-0.2, -0.15) is 0 Å². The molecule has 1 N–H and O–H groups in total. The van der Waals surface area contributed by atoms with Crippen molar-refractivity contribution in [3.8, 4) is 0 Å². The molecule has 1 heterocycles. The van der Waals surface area contributed by atoms with Gasteiger partial charge >= 0.3 is 6.09 Å². The van der Waals surface area contributed by atoms with Gasteiger partial charge in [0.1, 0.15) is 11.1 Å². The summed E-state index contributed by atoms with van der Waals surface area (Å²) in [7, 11) is 0. The topological polar surface area (TPSA) is 64.4 Å². The highest BCUT2D eigenvalue weighted by atomic mass is 16.6. The number of anilines is 1. The number of aromatic nitrogens is 1. The molecule has 1 aromatic carbocycles. The SMILES string of the molecule is CC(C)(C)OC(=O)Nc1ccc2oc(C3CC3)nc2c1. The number of carbonyl (C=O) groups excluding carboxylic acids is 1. The molecule has 1 aromatic heterocycles. The Hall–Kier alpha value is -2.04. The lowest BCUT2D eigenvalue weighted by molar-refractivity contribution is 0.0636. The van der Waals surface area contributed by atoms with Gasteiger partial charge in [0.15, 0.2) is 11.5 Å². The van der Waals surface area contributed by atoms with Crippen molar-refractivity contribution < 1.29 is 13.9 Å². The molecule has 1 saturated carbocycles. The average molecular weight is 274 g/mol. The molecule has 0 radical (unpaired) electrons. The number of hydrogen-bond donors (Lipinski definition) is 1. The van der Waals surface area contributed by atoms with E-state index in [0.717, 1.165) is 29.8 Å². The lowest BCUT2D eigenvalue weighted by atomic mass is 10.2. The molecule has 1 aliphatic rings. The van der Waals surface area contributed by atoms with Crippen molar-refractivity contribution in [3.05, 3.63) is 24.1 Å². The third kappa shape index (κ3) is 2.92. The Labute approximate surface area is 117 Å². The maximum atomic E-state index is 11.7. The smallest absolute Gasteiger partial charge is 0.412 e. The lowest BCUT2D eigenvalue weighted by Gasteiger charge is -2.19. The number of rotatable bonds is 2. The molecule has 5 nitrogen and oxygen atoms in total. The summed E-state index contributed by atoms with van der Waals surface area (Å²) in [4.78, 5) is 16.2. The molecule has 1 amide bonds. The summed E-state index contributed by atoms with van der Waals surface area (Å²) < 4.78 is 10.9. The molecule has 2 aromatic rings. The third-order valence-corrected chi connectivity index (χ3v) is 2.98. The highest BCUT2D eigenvalue weighted by molar-refractivity contribution is 5.88. The fraction of sp³-hybridized carbons (Fsp3) is 0.467. The molecule has 5 heteroatoms. The highest BCUT2D eigenvalue weighted by Crippen LogP contribution is 2.40. The number of amides is 1. The van der Waals surface area contributed by atoms with Gasteiger partial charge in [0.2, 0.25) is 0 Å². The van der Waals surface area contributed by atoms with Crippen molar-refractivity contribution in [2.24, 2.45) is 0 Å². The minimum Gasteiger partial charge on any atom is -0.444 e. The molecule has 0 spiro atoms. The highest BCUT2D eigenvalue weighted by Gasteiger charge is 2.28. The van der Waals surface area contributed by atoms with Gasteiger partial charge in [0, 0.05) is 11.6 Å². The standard InChI is InChI=1S/C15H18N2O3/c1-15(2,3)20-14(18)16-10-6-7-12-11(8-10)17-13(19-12)9-4-5-9/h6-9H,4-5H2,1-3H3,(H,16,18). The first kappa shape index (κ1) is 13.0. The molecular weight excluding hydrogens is 256 g/mol. The van der Waals surface area contributed by atoms with Crippen LogP contribution in [0.1, 0.15) is 45.4 Å². The van der Waals surface area contributed by atoms with E-state index in [1.807, 2.05) is 26.8 Å². The molecule has 0 aliphatic heterocycles. The third-order valence-electron chi connectivity index (χ3n) is 2.98. The van der Waals surface area contributed by atoms with Crippen molar-refractivity contribution in [1.29, 1.82) is 0 Å². The van der Waals surface area contributed by atoms with E-state index in [9.17, 15) is 4.79 Å². The van der Waals surface area contributed by atoms with Crippen molar-refractivity contribution >= 4 is 22.9 Å². The van der Waals surface area contributed by atoms with Crippen molar-refractivity contribution in [2.75, 3.05) is 5.32 Å². The predicted octanol–water partition coefficient (Wildman–Crippen LogP) is 4.05. The Morgan fingerprint density at radius 2 is 2.15 bits per heavy atom. The number of hydrogen-bond acceptors (Lipinski definition) is 4. The maximum absolute atomic E-state index is 11.7. The molecule has 0 saturated heterocycles. The van der Waals surface area contributed by atoms with Crippen LogP contribution in [0.3, 0.4) is 0 Å². The lowest BCUT2D eigenvalue weighted by Crippen LogP contribution is -2.27. The van der Waals surface area contributed by atoms with E-state index in [4.69, 9.17) is 9.15 Å². The van der Waals surface area contributed by atoms with E-state index in [2.05, 4.69) is 10.3 Å². The molecule has 0 atom stereocenters. The van der Waals surface area contributed by atoms with Crippen LogP contribution >= 0.6 is 0 Å². The summed E-state index contributed by atoms with van der Waals surface area (Å²) in [6, 6.07) is 5.41. The van der Waals surface area contributed by atoms with Crippen molar-refractivity contribution in [3.63, 3.8) is 0 Å². The maximum Gasteiger partial charge on any atom is 0.412 e. The zero-order chi connectivity index (χ0) is 14.3. The van der Waals surface area contributed by atoms with Gasteiger partial charge in [0.05, 0.1) is 0 Å². The van der Waals surface area contributed by atoms with Crippen LogP contribution in [-0.4, -0.2) is 16.7 Å². The normalized spacial score (nSPS) is 15.3. The van der Waals surface area contributed by atoms with Gasteiger partial charge in [-0.3, -0.25) is 5.32 Å². The molecular formula is C15H18N2O3. The van der Waals surface area contributed by atoms with Gasteiger partial charge in [-0.25, -0.2) is 9.78 Å². The zero-order valence-corrected chi connectivity index (χ0v) is 11.9. The van der Waals surface area contributed by atoms with Crippen LogP contribution in [-0.2, 0) is 4.74 Å². The van der Waals surface area contributed by atoms with Crippen molar-refractivity contribution in [1.82, 2.24) is 4.98 Å². The van der Waals surface area contributed by atoms with Crippen molar-refractivity contribution in [2.45, 2.75) is 45.1 Å². The quantitative estimate of drug-likeness (QED) is 0.897. The molecule has 0 unspecified atom stereocenters. The number of carbonyl (C=O) groups is 1. The fourth-order valence-corrected chi connectivity index (χ4v) is 1.95. The number of ether oxygens (including phenoxy) is 1. The number of nitrogens with zero attached hydrogens (tertiary/aromatic N) is 1. The largest absolute Gasteiger partial charge is 0.444 e. The van der Waals surface area contributed by atoms with E-state index < -0.39 is 11.7 Å². The second-order valence-corrected chi connectivity index (χ2v) is 6.14. The minimum absolute atomic E-state index is 0.470. The first-order valence-corrected chi connectivity index (χ1v) is 6.81. The molecule has 0 bridgehead atoms. The molecule has 20 heavy (non-hydrogen) atoms. The molecule has 1 aliphatic carbocycles.